The van der Waals surface area contributed by atoms with Crippen molar-refractivity contribution >= 4 is 22.3 Å². The average molecular weight is 269 g/mol. The van der Waals surface area contributed by atoms with E-state index in [0.717, 1.165) is 10.9 Å². The molecule has 0 radical (unpaired) electrons. The molecule has 0 saturated heterocycles. The van der Waals surface area contributed by atoms with E-state index in [2.05, 4.69) is 18.1 Å². The molecule has 5 heteroatoms. The first kappa shape index (κ1) is 13.7. The minimum atomic E-state index is -0.409. The van der Waals surface area contributed by atoms with Crippen molar-refractivity contribution < 1.29 is 4.92 Å². The molecule has 0 unspecified atom stereocenters. The van der Waals surface area contributed by atoms with Gasteiger partial charge in [0.15, 0.2) is 0 Å². The van der Waals surface area contributed by atoms with Gasteiger partial charge in [0.1, 0.15) is 11.9 Å². The highest BCUT2D eigenvalue weighted by Crippen LogP contribution is 2.34. The van der Waals surface area contributed by atoms with E-state index in [9.17, 15) is 10.1 Å². The molecule has 1 aromatic heterocycles. The van der Waals surface area contributed by atoms with Crippen molar-refractivity contribution in [3.63, 3.8) is 0 Å². The molecule has 0 aliphatic heterocycles. The molecule has 1 aromatic carbocycles. The third kappa shape index (κ3) is 2.51. The number of nitrogens with zero attached hydrogens (tertiary/aromatic N) is 3. The zero-order valence-corrected chi connectivity index (χ0v) is 11.0. The van der Waals surface area contributed by atoms with Crippen LogP contribution in [0.5, 0.6) is 0 Å². The summed E-state index contributed by atoms with van der Waals surface area (Å²) in [5, 5.41) is 12.0. The van der Waals surface area contributed by atoms with Crippen LogP contribution < -0.4 is 4.90 Å². The number of pyridine rings is 1. The number of fused-ring (bicyclic) bond motifs is 1. The molecule has 2 rings (SSSR count). The molecule has 0 spiro atoms. The lowest BCUT2D eigenvalue weighted by molar-refractivity contribution is -0.384. The van der Waals surface area contributed by atoms with Gasteiger partial charge in [-0.05, 0) is 6.07 Å². The number of hydrogen-bond donors (Lipinski definition) is 0. The Morgan fingerprint density at radius 3 is 2.50 bits per heavy atom. The van der Waals surface area contributed by atoms with E-state index >= 15 is 0 Å². The van der Waals surface area contributed by atoms with Crippen molar-refractivity contribution in [1.82, 2.24) is 4.98 Å². The summed E-state index contributed by atoms with van der Waals surface area (Å²) in [7, 11) is 0. The largest absolute Gasteiger partial charge is 0.358 e. The maximum absolute atomic E-state index is 11.3. The fraction of sp³-hybridized carbons (Fsp3) is 0.133. The van der Waals surface area contributed by atoms with Crippen LogP contribution in [0, 0.1) is 10.1 Å². The van der Waals surface area contributed by atoms with E-state index in [0.29, 0.717) is 18.8 Å². The van der Waals surface area contributed by atoms with E-state index in [-0.39, 0.29) is 5.69 Å². The highest BCUT2D eigenvalue weighted by atomic mass is 16.6. The molecule has 20 heavy (non-hydrogen) atoms. The van der Waals surface area contributed by atoms with Gasteiger partial charge in [-0.1, -0.05) is 30.4 Å². The molecule has 0 fully saturated rings. The Kier molecular flexibility index (Phi) is 4.10. The highest BCUT2D eigenvalue weighted by Gasteiger charge is 2.22. The normalized spacial score (nSPS) is 10.2. The maximum Gasteiger partial charge on any atom is 0.311 e. The van der Waals surface area contributed by atoms with Crippen molar-refractivity contribution in [2.45, 2.75) is 0 Å². The zero-order valence-electron chi connectivity index (χ0n) is 11.0. The number of rotatable bonds is 6. The Morgan fingerprint density at radius 1 is 1.25 bits per heavy atom. The number of para-hydroxylation sites is 1. The predicted molar refractivity (Wildman–Crippen MR) is 81.0 cm³/mol. The summed E-state index contributed by atoms with van der Waals surface area (Å²) in [5.41, 5.74) is 1.28. The first-order valence-electron chi connectivity index (χ1n) is 6.18. The van der Waals surface area contributed by atoms with Crippen LogP contribution in [-0.4, -0.2) is 23.0 Å². The lowest BCUT2D eigenvalue weighted by Gasteiger charge is -2.22. The summed E-state index contributed by atoms with van der Waals surface area (Å²) in [5.74, 6) is 0. The van der Waals surface area contributed by atoms with Gasteiger partial charge in [-0.2, -0.15) is 0 Å². The van der Waals surface area contributed by atoms with Gasteiger partial charge in [0.25, 0.3) is 0 Å². The Morgan fingerprint density at radius 2 is 1.90 bits per heavy atom. The van der Waals surface area contributed by atoms with Gasteiger partial charge >= 0.3 is 5.69 Å². The molecule has 0 aliphatic carbocycles. The predicted octanol–water partition coefficient (Wildman–Crippen LogP) is 3.32. The monoisotopic (exact) mass is 269 g/mol. The molecule has 2 aromatic rings. The Balaban J connectivity index is 2.73. The van der Waals surface area contributed by atoms with E-state index in [1.807, 2.05) is 29.2 Å². The van der Waals surface area contributed by atoms with Gasteiger partial charge in [0, 0.05) is 18.5 Å². The standard InChI is InChI=1S/C15H15N3O2/c1-3-9-17(10-4-2)15-12-7-5-6-8-13(12)16-11-14(15)18(19)20/h3-8,11H,1-2,9-10H2. The summed E-state index contributed by atoms with van der Waals surface area (Å²) in [6.07, 6.45) is 4.72. The molecular weight excluding hydrogens is 254 g/mol. The van der Waals surface area contributed by atoms with Gasteiger partial charge in [0.2, 0.25) is 0 Å². The summed E-state index contributed by atoms with van der Waals surface area (Å²) in [4.78, 5) is 16.9. The topological polar surface area (TPSA) is 59.3 Å². The van der Waals surface area contributed by atoms with Gasteiger partial charge in [-0.25, -0.2) is 4.98 Å². The molecule has 0 amide bonds. The molecule has 0 bridgehead atoms. The summed E-state index contributed by atoms with van der Waals surface area (Å²) < 4.78 is 0. The average Bonchev–Trinajstić information content (AvgIpc) is 2.45. The van der Waals surface area contributed by atoms with E-state index in [1.54, 1.807) is 12.2 Å². The number of anilines is 1. The highest BCUT2D eigenvalue weighted by molar-refractivity contribution is 5.96. The number of aromatic nitrogens is 1. The summed E-state index contributed by atoms with van der Waals surface area (Å²) >= 11 is 0. The van der Waals surface area contributed by atoms with Crippen LogP contribution in [0.4, 0.5) is 11.4 Å². The number of hydrogen-bond acceptors (Lipinski definition) is 4. The second kappa shape index (κ2) is 5.97. The van der Waals surface area contributed by atoms with Gasteiger partial charge in [-0.3, -0.25) is 10.1 Å². The molecule has 0 atom stereocenters. The second-order valence-electron chi connectivity index (χ2n) is 4.25. The quantitative estimate of drug-likeness (QED) is 0.458. The van der Waals surface area contributed by atoms with Crippen molar-refractivity contribution in [2.24, 2.45) is 0 Å². The second-order valence-corrected chi connectivity index (χ2v) is 4.25. The van der Waals surface area contributed by atoms with Crippen LogP contribution in [0.15, 0.2) is 55.8 Å². The lowest BCUT2D eigenvalue weighted by atomic mass is 10.1. The fourth-order valence-corrected chi connectivity index (χ4v) is 2.15. The van der Waals surface area contributed by atoms with Gasteiger partial charge in [0.05, 0.1) is 10.4 Å². The minimum Gasteiger partial charge on any atom is -0.358 e. The zero-order chi connectivity index (χ0) is 14.5. The Hall–Kier alpha value is -2.69. The van der Waals surface area contributed by atoms with Crippen LogP contribution in [0.25, 0.3) is 10.9 Å². The fourth-order valence-electron chi connectivity index (χ4n) is 2.15. The maximum atomic E-state index is 11.3. The summed E-state index contributed by atoms with van der Waals surface area (Å²) in [6, 6.07) is 7.37. The SMILES string of the molecule is C=CCN(CC=C)c1c([N+](=O)[O-])cnc2ccccc12. The van der Waals surface area contributed by atoms with Crippen molar-refractivity contribution in [3.8, 4) is 0 Å². The van der Waals surface area contributed by atoms with Crippen molar-refractivity contribution in [3.05, 3.63) is 65.9 Å². The molecule has 0 aliphatic rings. The Labute approximate surface area is 117 Å². The molecule has 1 heterocycles. The molecule has 0 saturated carbocycles. The summed E-state index contributed by atoms with van der Waals surface area (Å²) in [6.45, 7) is 8.40. The first-order valence-corrected chi connectivity index (χ1v) is 6.18. The van der Waals surface area contributed by atoms with E-state index in [4.69, 9.17) is 0 Å². The van der Waals surface area contributed by atoms with Gasteiger partial charge < -0.3 is 4.90 Å². The van der Waals surface area contributed by atoms with Crippen LogP contribution in [0.1, 0.15) is 0 Å². The van der Waals surface area contributed by atoms with E-state index < -0.39 is 4.92 Å². The Bertz CT molecular complexity index is 657. The lowest BCUT2D eigenvalue weighted by Crippen LogP contribution is -2.24. The number of nitro groups is 1. The smallest absolute Gasteiger partial charge is 0.311 e. The molecular formula is C15H15N3O2. The molecule has 5 nitrogen and oxygen atoms in total. The van der Waals surface area contributed by atoms with Crippen LogP contribution in [0.2, 0.25) is 0 Å². The first-order chi connectivity index (χ1) is 9.69. The number of benzene rings is 1. The minimum absolute atomic E-state index is 0.00704. The van der Waals surface area contributed by atoms with Crippen LogP contribution in [-0.2, 0) is 0 Å². The molecule has 102 valence electrons. The van der Waals surface area contributed by atoms with E-state index in [1.165, 1.54) is 6.20 Å². The van der Waals surface area contributed by atoms with Crippen molar-refractivity contribution in [2.75, 3.05) is 18.0 Å². The van der Waals surface area contributed by atoms with Crippen molar-refractivity contribution in [1.29, 1.82) is 0 Å². The third-order valence-corrected chi connectivity index (χ3v) is 2.94. The molecule has 0 N–H and O–H groups in total. The van der Waals surface area contributed by atoms with Gasteiger partial charge in [-0.15, -0.1) is 13.2 Å². The van der Waals surface area contributed by atoms with Crippen LogP contribution >= 0.6 is 0 Å². The third-order valence-electron chi connectivity index (χ3n) is 2.94. The van der Waals surface area contributed by atoms with Crippen LogP contribution in [0.3, 0.4) is 0 Å².